The molecule has 0 aromatic carbocycles. The lowest BCUT2D eigenvalue weighted by atomic mass is 9.95. The highest BCUT2D eigenvalue weighted by molar-refractivity contribution is 5.79. The van der Waals surface area contributed by atoms with Crippen LogP contribution in [0.3, 0.4) is 0 Å². The van der Waals surface area contributed by atoms with Gasteiger partial charge in [-0.2, -0.15) is 0 Å². The summed E-state index contributed by atoms with van der Waals surface area (Å²) in [5.41, 5.74) is 2.53. The van der Waals surface area contributed by atoms with Gasteiger partial charge in [-0.05, 0) is 32.1 Å². The van der Waals surface area contributed by atoms with Crippen LogP contribution in [0.4, 0.5) is 13.6 Å². The van der Waals surface area contributed by atoms with Crippen molar-refractivity contribution < 1.29 is 33.3 Å². The Hall–Kier alpha value is -1.48. The number of aliphatic hydroxyl groups excluding tert-OH is 1. The first-order valence-electron chi connectivity index (χ1n) is 7.16. The third-order valence-electron chi connectivity index (χ3n) is 3.11. The lowest BCUT2D eigenvalue weighted by Crippen LogP contribution is -2.54. The van der Waals surface area contributed by atoms with Crippen LogP contribution in [0, 0.1) is 0 Å². The molecule has 0 aliphatic carbocycles. The van der Waals surface area contributed by atoms with Crippen LogP contribution in [0.1, 0.15) is 38.5 Å². The van der Waals surface area contributed by atoms with Gasteiger partial charge in [-0.25, -0.2) is 18.4 Å². The number of alkyl carbamates (subject to hydrolysis) is 1. The zero-order chi connectivity index (χ0) is 17.0. The molecule has 0 spiro atoms. The van der Waals surface area contributed by atoms with Crippen molar-refractivity contribution in [3.63, 3.8) is 0 Å². The third-order valence-corrected chi connectivity index (χ3v) is 3.11. The van der Waals surface area contributed by atoms with Crippen molar-refractivity contribution in [1.82, 2.24) is 5.32 Å². The maximum Gasteiger partial charge on any atom is 0.407 e. The summed E-state index contributed by atoms with van der Waals surface area (Å²) in [7, 11) is 0. The van der Waals surface area contributed by atoms with Crippen molar-refractivity contribution in [3.05, 3.63) is 0 Å². The van der Waals surface area contributed by atoms with E-state index in [4.69, 9.17) is 20.7 Å². The van der Waals surface area contributed by atoms with E-state index in [0.717, 1.165) is 12.8 Å². The van der Waals surface area contributed by atoms with Gasteiger partial charge in [0.25, 0.3) is 6.43 Å². The number of nitrogens with two attached hydrogens (primary N) is 1. The highest BCUT2D eigenvalue weighted by atomic mass is 19.3. The minimum atomic E-state index is -3.18. The summed E-state index contributed by atoms with van der Waals surface area (Å²) in [6.07, 6.45) is -1.27. The van der Waals surface area contributed by atoms with Gasteiger partial charge in [-0.15, -0.1) is 0 Å². The molecule has 0 saturated carbocycles. The van der Waals surface area contributed by atoms with Crippen molar-refractivity contribution in [2.45, 2.75) is 50.5 Å². The molecule has 7 nitrogen and oxygen atoms in total. The Morgan fingerprint density at radius 3 is 2.36 bits per heavy atom. The Balaban J connectivity index is 3.74. The number of rotatable bonds is 12. The van der Waals surface area contributed by atoms with Gasteiger partial charge in [-0.3, -0.25) is 0 Å². The number of hydrogen-bond donors (Lipinski definition) is 4. The van der Waals surface area contributed by atoms with E-state index < -0.39 is 30.4 Å². The molecule has 0 rings (SSSR count). The van der Waals surface area contributed by atoms with E-state index in [0.29, 0.717) is 12.8 Å². The number of aliphatic hydroxyl groups is 1. The minimum Gasteiger partial charge on any atom is -0.480 e. The van der Waals surface area contributed by atoms with E-state index in [1.807, 2.05) is 0 Å². The first kappa shape index (κ1) is 20.5. The summed E-state index contributed by atoms with van der Waals surface area (Å²) in [5.74, 6) is -1.77. The molecular formula is C13H24F2N2O5. The van der Waals surface area contributed by atoms with Gasteiger partial charge in [0, 0.05) is 13.2 Å². The largest absolute Gasteiger partial charge is 0.480 e. The van der Waals surface area contributed by atoms with Gasteiger partial charge < -0.3 is 26.0 Å². The van der Waals surface area contributed by atoms with Crippen LogP contribution < -0.4 is 11.1 Å². The van der Waals surface area contributed by atoms with Gasteiger partial charge >= 0.3 is 12.1 Å². The Morgan fingerprint density at radius 1 is 1.18 bits per heavy atom. The van der Waals surface area contributed by atoms with E-state index in [9.17, 15) is 18.4 Å². The topological polar surface area (TPSA) is 122 Å². The van der Waals surface area contributed by atoms with Crippen molar-refractivity contribution in [2.24, 2.45) is 5.73 Å². The zero-order valence-corrected chi connectivity index (χ0v) is 12.4. The summed E-state index contributed by atoms with van der Waals surface area (Å²) in [5, 5.41) is 19.6. The first-order valence-corrected chi connectivity index (χ1v) is 7.16. The van der Waals surface area contributed by atoms with E-state index in [2.05, 4.69) is 5.32 Å². The molecule has 0 aliphatic rings. The lowest BCUT2D eigenvalue weighted by molar-refractivity contribution is -0.150. The fourth-order valence-corrected chi connectivity index (χ4v) is 1.66. The van der Waals surface area contributed by atoms with E-state index in [1.54, 1.807) is 0 Å². The number of ether oxygens (including phenoxy) is 1. The Labute approximate surface area is 127 Å². The predicted molar refractivity (Wildman–Crippen MR) is 74.7 cm³/mol. The predicted octanol–water partition coefficient (Wildman–Crippen LogP) is 1.09. The van der Waals surface area contributed by atoms with Gasteiger partial charge in [0.15, 0.2) is 5.54 Å². The number of unbranched alkanes of at least 4 members (excludes halogenated alkanes) is 3. The molecule has 130 valence electrons. The molecule has 0 fully saturated rings. The number of carbonyl (C=O) groups is 2. The molecular weight excluding hydrogens is 302 g/mol. The van der Waals surface area contributed by atoms with Crippen LogP contribution in [0.15, 0.2) is 0 Å². The molecule has 0 aliphatic heterocycles. The monoisotopic (exact) mass is 326 g/mol. The van der Waals surface area contributed by atoms with E-state index >= 15 is 0 Å². The van der Waals surface area contributed by atoms with Crippen molar-refractivity contribution >= 4 is 12.1 Å². The summed E-state index contributed by atoms with van der Waals surface area (Å²) >= 11 is 0. The molecule has 0 aromatic rings. The number of carboxylic acid groups (broad SMARTS) is 1. The molecule has 0 saturated heterocycles. The summed E-state index contributed by atoms with van der Waals surface area (Å²) < 4.78 is 30.0. The van der Waals surface area contributed by atoms with Crippen LogP contribution >= 0.6 is 0 Å². The zero-order valence-electron chi connectivity index (χ0n) is 12.4. The maximum absolute atomic E-state index is 12.6. The summed E-state index contributed by atoms with van der Waals surface area (Å²) in [6, 6.07) is 0. The van der Waals surface area contributed by atoms with Crippen molar-refractivity contribution in [3.8, 4) is 0 Å². The number of halogens is 2. The molecule has 5 N–H and O–H groups in total. The van der Waals surface area contributed by atoms with Gasteiger partial charge in [-0.1, -0.05) is 6.42 Å². The SMILES string of the molecule is NC(CCCNC(=O)OCCCCCCO)(C(=O)O)C(F)F. The number of alkyl halides is 2. The summed E-state index contributed by atoms with van der Waals surface area (Å²) in [4.78, 5) is 22.0. The number of carbonyl (C=O) groups excluding carboxylic acids is 1. The van der Waals surface area contributed by atoms with Gasteiger partial charge in [0.05, 0.1) is 6.61 Å². The molecule has 0 bridgehead atoms. The Kier molecular flexibility index (Phi) is 10.4. The Morgan fingerprint density at radius 2 is 1.82 bits per heavy atom. The van der Waals surface area contributed by atoms with Crippen LogP contribution in [-0.2, 0) is 9.53 Å². The van der Waals surface area contributed by atoms with Crippen LogP contribution in [0.2, 0.25) is 0 Å². The average molecular weight is 326 g/mol. The van der Waals surface area contributed by atoms with E-state index in [-0.39, 0.29) is 26.2 Å². The summed E-state index contributed by atoms with van der Waals surface area (Å²) in [6.45, 7) is 0.367. The number of nitrogens with one attached hydrogen (secondary N) is 1. The number of amides is 1. The third kappa shape index (κ3) is 8.08. The quantitative estimate of drug-likeness (QED) is 0.398. The van der Waals surface area contributed by atoms with Crippen LogP contribution in [0.25, 0.3) is 0 Å². The normalized spacial score (nSPS) is 13.7. The lowest BCUT2D eigenvalue weighted by Gasteiger charge is -2.23. The van der Waals surface area contributed by atoms with Crippen molar-refractivity contribution in [1.29, 1.82) is 0 Å². The van der Waals surface area contributed by atoms with Crippen LogP contribution in [0.5, 0.6) is 0 Å². The van der Waals surface area contributed by atoms with E-state index in [1.165, 1.54) is 0 Å². The molecule has 9 heteroatoms. The molecule has 0 radical (unpaired) electrons. The Bertz CT molecular complexity index is 344. The molecule has 22 heavy (non-hydrogen) atoms. The second-order valence-electron chi connectivity index (χ2n) is 4.95. The highest BCUT2D eigenvalue weighted by Gasteiger charge is 2.43. The molecule has 0 heterocycles. The molecule has 1 amide bonds. The van der Waals surface area contributed by atoms with Gasteiger partial charge in [0.1, 0.15) is 0 Å². The fourth-order valence-electron chi connectivity index (χ4n) is 1.66. The second kappa shape index (κ2) is 11.1. The van der Waals surface area contributed by atoms with Crippen LogP contribution in [-0.4, -0.2) is 54.0 Å². The first-order chi connectivity index (χ1) is 10.3. The molecule has 1 unspecified atom stereocenters. The smallest absolute Gasteiger partial charge is 0.407 e. The van der Waals surface area contributed by atoms with Gasteiger partial charge in [0.2, 0.25) is 0 Å². The average Bonchev–Trinajstić information content (AvgIpc) is 2.46. The second-order valence-corrected chi connectivity index (χ2v) is 4.95. The molecule has 1 atom stereocenters. The maximum atomic E-state index is 12.6. The molecule has 0 aromatic heterocycles. The standard InChI is InChI=1S/C13H24F2N2O5/c14-10(15)13(16,11(19)20)6-5-7-17-12(21)22-9-4-2-1-3-8-18/h10,18H,1-9,16H2,(H,17,21)(H,19,20). The minimum absolute atomic E-state index is 0.00125. The number of aliphatic carboxylic acids is 1. The highest BCUT2D eigenvalue weighted by Crippen LogP contribution is 2.19. The fraction of sp³-hybridized carbons (Fsp3) is 0.846. The number of carboxylic acids is 1. The number of hydrogen-bond acceptors (Lipinski definition) is 5. The van der Waals surface area contributed by atoms with Crippen molar-refractivity contribution in [2.75, 3.05) is 19.8 Å².